The fraction of sp³-hybridized carbons (Fsp3) is 0.0556. The molecule has 5 nitrogen and oxygen atoms in total. The second-order valence-corrected chi connectivity index (χ2v) is 5.77. The number of anilines is 3. The van der Waals surface area contributed by atoms with Gasteiger partial charge in [-0.3, -0.25) is 4.79 Å². The minimum atomic E-state index is -0.426. The largest absolute Gasteiger partial charge is 0.339 e. The number of nitrogens with one attached hydrogen (secondary N) is 2. The van der Waals surface area contributed by atoms with E-state index in [9.17, 15) is 9.18 Å². The minimum Gasteiger partial charge on any atom is -0.339 e. The molecule has 0 aliphatic heterocycles. The number of hydrogen-bond acceptors (Lipinski definition) is 4. The van der Waals surface area contributed by atoms with Crippen molar-refractivity contribution in [2.24, 2.45) is 0 Å². The number of amides is 1. The summed E-state index contributed by atoms with van der Waals surface area (Å²) in [4.78, 5) is 20.4. The highest BCUT2D eigenvalue weighted by atomic mass is 35.5. The van der Waals surface area contributed by atoms with E-state index in [4.69, 9.17) is 11.6 Å². The Kier molecular flexibility index (Phi) is 4.90. The van der Waals surface area contributed by atoms with Crippen molar-refractivity contribution in [1.82, 2.24) is 9.97 Å². The van der Waals surface area contributed by atoms with Crippen molar-refractivity contribution in [2.75, 3.05) is 10.6 Å². The van der Waals surface area contributed by atoms with E-state index in [0.29, 0.717) is 16.5 Å². The van der Waals surface area contributed by atoms with Crippen LogP contribution in [0, 0.1) is 12.7 Å². The van der Waals surface area contributed by atoms with Crippen LogP contribution in [0.25, 0.3) is 0 Å². The summed E-state index contributed by atoms with van der Waals surface area (Å²) >= 11 is 5.98. The molecule has 1 heterocycles. The average molecular weight is 357 g/mol. The molecule has 0 radical (unpaired) electrons. The molecule has 0 bridgehead atoms. The first-order chi connectivity index (χ1) is 12.0. The van der Waals surface area contributed by atoms with E-state index < -0.39 is 5.91 Å². The first-order valence-corrected chi connectivity index (χ1v) is 7.81. The Morgan fingerprint density at radius 2 is 1.84 bits per heavy atom. The third-order valence-corrected chi connectivity index (χ3v) is 3.68. The van der Waals surface area contributed by atoms with Crippen molar-refractivity contribution in [3.63, 3.8) is 0 Å². The third-order valence-electron chi connectivity index (χ3n) is 3.45. The van der Waals surface area contributed by atoms with E-state index in [1.54, 1.807) is 12.1 Å². The van der Waals surface area contributed by atoms with E-state index in [1.807, 2.05) is 13.0 Å². The molecule has 0 unspecified atom stereocenters. The molecular formula is C18H14ClFN4O. The van der Waals surface area contributed by atoms with Gasteiger partial charge in [-0.2, -0.15) is 0 Å². The fourth-order valence-electron chi connectivity index (χ4n) is 2.11. The van der Waals surface area contributed by atoms with Crippen molar-refractivity contribution < 1.29 is 9.18 Å². The third kappa shape index (κ3) is 4.30. The van der Waals surface area contributed by atoms with Crippen molar-refractivity contribution in [2.45, 2.75) is 6.92 Å². The Labute approximate surface area is 148 Å². The van der Waals surface area contributed by atoms with Crippen molar-refractivity contribution >= 4 is 34.7 Å². The summed E-state index contributed by atoms with van der Waals surface area (Å²) in [5, 5.41) is 6.34. The molecule has 3 rings (SSSR count). The van der Waals surface area contributed by atoms with Gasteiger partial charge in [-0.1, -0.05) is 17.7 Å². The molecule has 1 aromatic heterocycles. The lowest BCUT2D eigenvalue weighted by molar-refractivity contribution is 0.102. The summed E-state index contributed by atoms with van der Waals surface area (Å²) in [6, 6.07) is 11.0. The molecule has 2 N–H and O–H groups in total. The van der Waals surface area contributed by atoms with Crippen molar-refractivity contribution in [1.29, 1.82) is 0 Å². The first-order valence-electron chi connectivity index (χ1n) is 7.43. The Bertz CT molecular complexity index is 898. The minimum absolute atomic E-state index is 0.151. The number of halogens is 2. The zero-order chi connectivity index (χ0) is 17.8. The lowest BCUT2D eigenvalue weighted by Gasteiger charge is -2.09. The summed E-state index contributed by atoms with van der Waals surface area (Å²) in [6.07, 6.45) is 2.82. The fourth-order valence-corrected chi connectivity index (χ4v) is 2.28. The molecular weight excluding hydrogens is 343 g/mol. The highest BCUT2D eigenvalue weighted by molar-refractivity contribution is 6.30. The van der Waals surface area contributed by atoms with Gasteiger partial charge in [0, 0.05) is 16.4 Å². The van der Waals surface area contributed by atoms with Gasteiger partial charge in [0.1, 0.15) is 17.3 Å². The zero-order valence-corrected chi connectivity index (χ0v) is 14.0. The van der Waals surface area contributed by atoms with Crippen molar-refractivity contribution in [3.8, 4) is 0 Å². The normalized spacial score (nSPS) is 10.4. The molecule has 126 valence electrons. The molecule has 0 atom stereocenters. The molecule has 0 fully saturated rings. The van der Waals surface area contributed by atoms with Gasteiger partial charge in [0.05, 0.1) is 12.4 Å². The second kappa shape index (κ2) is 7.27. The van der Waals surface area contributed by atoms with Crippen LogP contribution in [0.3, 0.4) is 0 Å². The van der Waals surface area contributed by atoms with Gasteiger partial charge in [0.25, 0.3) is 5.91 Å². The molecule has 0 aliphatic rings. The quantitative estimate of drug-likeness (QED) is 0.718. The van der Waals surface area contributed by atoms with E-state index in [0.717, 1.165) is 11.3 Å². The highest BCUT2D eigenvalue weighted by Gasteiger charge is 2.09. The zero-order valence-electron chi connectivity index (χ0n) is 13.3. The summed E-state index contributed by atoms with van der Waals surface area (Å²) in [5.41, 5.74) is 2.44. The van der Waals surface area contributed by atoms with E-state index in [-0.39, 0.29) is 11.5 Å². The molecule has 25 heavy (non-hydrogen) atoms. The summed E-state index contributed by atoms with van der Waals surface area (Å²) in [5.74, 6) is -0.308. The number of aromatic nitrogens is 2. The predicted molar refractivity (Wildman–Crippen MR) is 95.9 cm³/mol. The van der Waals surface area contributed by atoms with Gasteiger partial charge in [-0.25, -0.2) is 14.4 Å². The Morgan fingerprint density at radius 1 is 1.08 bits per heavy atom. The molecule has 7 heteroatoms. The molecule has 0 saturated carbocycles. The molecule has 2 aromatic carbocycles. The predicted octanol–water partition coefficient (Wildman–Crippen LogP) is 4.57. The molecule has 3 aromatic rings. The summed E-state index contributed by atoms with van der Waals surface area (Å²) < 4.78 is 12.9. The van der Waals surface area contributed by atoms with Crippen LogP contribution in [-0.4, -0.2) is 15.9 Å². The monoisotopic (exact) mass is 356 g/mol. The Hall–Kier alpha value is -2.99. The lowest BCUT2D eigenvalue weighted by Crippen LogP contribution is -2.14. The topological polar surface area (TPSA) is 66.9 Å². The average Bonchev–Trinajstić information content (AvgIpc) is 2.61. The van der Waals surface area contributed by atoms with Crippen molar-refractivity contribution in [3.05, 3.63) is 77.0 Å². The van der Waals surface area contributed by atoms with Gasteiger partial charge in [-0.15, -0.1) is 0 Å². The van der Waals surface area contributed by atoms with Crippen LogP contribution < -0.4 is 10.6 Å². The Balaban J connectivity index is 1.70. The van der Waals surface area contributed by atoms with Crippen LogP contribution in [0.2, 0.25) is 5.02 Å². The van der Waals surface area contributed by atoms with Crippen LogP contribution >= 0.6 is 11.6 Å². The van der Waals surface area contributed by atoms with Gasteiger partial charge < -0.3 is 10.6 Å². The number of carbonyl (C=O) groups excluding carboxylic acids is 1. The van der Waals surface area contributed by atoms with Crippen LogP contribution in [0.15, 0.2) is 54.9 Å². The Morgan fingerprint density at radius 3 is 2.52 bits per heavy atom. The molecule has 0 spiro atoms. The summed E-state index contributed by atoms with van der Waals surface area (Å²) in [7, 11) is 0. The number of rotatable bonds is 4. The maximum absolute atomic E-state index is 12.9. The smallest absolute Gasteiger partial charge is 0.275 e. The first kappa shape index (κ1) is 16.9. The molecule has 1 amide bonds. The lowest BCUT2D eigenvalue weighted by atomic mass is 10.2. The number of nitrogens with zero attached hydrogens (tertiary/aromatic N) is 2. The van der Waals surface area contributed by atoms with E-state index in [2.05, 4.69) is 20.6 Å². The summed E-state index contributed by atoms with van der Waals surface area (Å²) in [6.45, 7) is 1.94. The van der Waals surface area contributed by atoms with Crippen LogP contribution in [-0.2, 0) is 0 Å². The van der Waals surface area contributed by atoms with Crippen LogP contribution in [0.1, 0.15) is 16.1 Å². The maximum Gasteiger partial charge on any atom is 0.275 e. The second-order valence-electron chi connectivity index (χ2n) is 5.33. The highest BCUT2D eigenvalue weighted by Crippen LogP contribution is 2.23. The molecule has 0 aliphatic carbocycles. The molecule has 0 saturated heterocycles. The standard InChI is InChI=1S/C18H14ClFN4O/c1-11-2-3-12(19)8-15(11)24-17-10-21-16(9-22-17)18(25)23-14-6-4-13(20)5-7-14/h2-10H,1H3,(H,22,24)(H,23,25). The van der Waals surface area contributed by atoms with Crippen LogP contribution in [0.4, 0.5) is 21.6 Å². The van der Waals surface area contributed by atoms with Gasteiger partial charge in [0.15, 0.2) is 0 Å². The number of carbonyl (C=O) groups is 1. The van der Waals surface area contributed by atoms with E-state index >= 15 is 0 Å². The SMILES string of the molecule is Cc1ccc(Cl)cc1Nc1cnc(C(=O)Nc2ccc(F)cc2)cn1. The van der Waals surface area contributed by atoms with Gasteiger partial charge >= 0.3 is 0 Å². The van der Waals surface area contributed by atoms with Gasteiger partial charge in [-0.05, 0) is 48.9 Å². The van der Waals surface area contributed by atoms with E-state index in [1.165, 1.54) is 36.7 Å². The van der Waals surface area contributed by atoms with Crippen LogP contribution in [0.5, 0.6) is 0 Å². The number of benzene rings is 2. The number of hydrogen-bond donors (Lipinski definition) is 2. The maximum atomic E-state index is 12.9. The van der Waals surface area contributed by atoms with Gasteiger partial charge in [0.2, 0.25) is 0 Å². The number of aryl methyl sites for hydroxylation is 1.